The van der Waals surface area contributed by atoms with Gasteiger partial charge in [0.25, 0.3) is 0 Å². The van der Waals surface area contributed by atoms with Gasteiger partial charge in [-0.3, -0.25) is 0 Å². The molecule has 0 fully saturated rings. The van der Waals surface area contributed by atoms with E-state index in [-0.39, 0.29) is 33.9 Å². The zero-order valence-electron chi connectivity index (χ0n) is 49.5. The van der Waals surface area contributed by atoms with Gasteiger partial charge in [0, 0.05) is 76.3 Å². The quantitative estimate of drug-likeness (QED) is 0.160. The van der Waals surface area contributed by atoms with Gasteiger partial charge in [-0.25, -0.2) is 0 Å². The molecule has 80 heavy (non-hydrogen) atoms. The molecule has 0 radical (unpaired) electrons. The molecular weight excluding hydrogens is 990 g/mol. The van der Waals surface area contributed by atoms with Crippen molar-refractivity contribution in [3.8, 4) is 11.1 Å². The van der Waals surface area contributed by atoms with Crippen molar-refractivity contribution in [3.05, 3.63) is 204 Å². The molecule has 0 saturated carbocycles. The predicted octanol–water partition coefficient (Wildman–Crippen LogP) is 20.6. The molecule has 4 heterocycles. The molecule has 0 atom stereocenters. The van der Waals surface area contributed by atoms with Crippen LogP contribution >= 0.6 is 11.3 Å². The molecule has 0 aliphatic carbocycles. The number of benzene rings is 9. The lowest BCUT2D eigenvalue weighted by molar-refractivity contribution is 0.590. The standard InChI is InChI=1S/C74H74BN3OS/c1-70(2,3)45-20-29-50(30-21-45)76(51-31-22-46(23-32-51)71(4,5)6)54-37-38-56-58-42-57-59-43-60-55-18-16-17-19-64(55)79-69(60)68-67(59)75(78(63(57)44-66(58)80-65(56)41-54)53-35-26-48(27-36-53)73(10,11)12)61-40-49(74(13,14)15)28-39-62(61)77(68)52-33-24-47(25-34-52)72(7,8)9/h16-44H,1-15H3. The summed E-state index contributed by atoms with van der Waals surface area (Å²) in [6.07, 6.45) is 0. The number of fused-ring (bicyclic) bond motifs is 11. The van der Waals surface area contributed by atoms with E-state index in [1.807, 2.05) is 11.3 Å². The SMILES string of the molecule is CC(C)(C)c1ccc(N2B3c4cc(C(C)(C)C)ccc4N(c4ccc(C(C)(C)C)cc4)c4c3c(cc3c4oc4ccccc43)-c3cc4c(cc32)sc2cc(N(c3ccc(C(C)(C)C)cc3)c3ccc(C(C)(C)C)cc3)ccc24)cc1. The van der Waals surface area contributed by atoms with Crippen LogP contribution in [0.25, 0.3) is 53.2 Å². The van der Waals surface area contributed by atoms with Gasteiger partial charge >= 0.3 is 6.85 Å². The molecule has 13 rings (SSSR count). The summed E-state index contributed by atoms with van der Waals surface area (Å²) in [5.41, 5.74) is 22.5. The van der Waals surface area contributed by atoms with E-state index < -0.39 is 0 Å². The van der Waals surface area contributed by atoms with Crippen molar-refractivity contribution in [2.45, 2.75) is 131 Å². The van der Waals surface area contributed by atoms with E-state index in [1.165, 1.54) is 81.4 Å². The molecule has 9 aromatic carbocycles. The molecule has 4 nitrogen and oxygen atoms in total. The number of anilines is 8. The lowest BCUT2D eigenvalue weighted by Gasteiger charge is -2.46. The molecule has 0 unspecified atom stereocenters. The normalized spacial score (nSPS) is 13.9. The summed E-state index contributed by atoms with van der Waals surface area (Å²) in [5, 5.41) is 4.77. The van der Waals surface area contributed by atoms with E-state index in [0.717, 1.165) is 56.1 Å². The molecule has 2 aromatic heterocycles. The van der Waals surface area contributed by atoms with Crippen molar-refractivity contribution in [2.24, 2.45) is 0 Å². The van der Waals surface area contributed by atoms with Crippen LogP contribution in [0.3, 0.4) is 0 Å². The number of para-hydroxylation sites is 1. The maximum absolute atomic E-state index is 7.22. The lowest BCUT2D eigenvalue weighted by Crippen LogP contribution is -2.61. The van der Waals surface area contributed by atoms with Crippen molar-refractivity contribution in [3.63, 3.8) is 0 Å². The number of thiophene rings is 1. The first-order valence-corrected chi connectivity index (χ1v) is 29.6. The van der Waals surface area contributed by atoms with Gasteiger partial charge in [-0.2, -0.15) is 0 Å². The van der Waals surface area contributed by atoms with Crippen LogP contribution in [0.5, 0.6) is 0 Å². The van der Waals surface area contributed by atoms with Crippen LogP contribution in [0.4, 0.5) is 45.5 Å². The highest BCUT2D eigenvalue weighted by Crippen LogP contribution is 2.53. The molecule has 2 aliphatic heterocycles. The first kappa shape index (κ1) is 51.9. The Labute approximate surface area is 478 Å². The Morgan fingerprint density at radius 3 is 1.45 bits per heavy atom. The van der Waals surface area contributed by atoms with Gasteiger partial charge in [-0.1, -0.05) is 189 Å². The number of nitrogens with zero attached hydrogens (tertiary/aromatic N) is 3. The predicted molar refractivity (Wildman–Crippen MR) is 349 cm³/mol. The molecule has 6 heteroatoms. The Morgan fingerprint density at radius 2 is 0.887 bits per heavy atom. The molecule has 400 valence electrons. The summed E-state index contributed by atoms with van der Waals surface area (Å²) in [5.74, 6) is 0. The third kappa shape index (κ3) is 8.55. The summed E-state index contributed by atoms with van der Waals surface area (Å²) in [6, 6.07) is 67.6. The molecule has 11 aromatic rings. The summed E-state index contributed by atoms with van der Waals surface area (Å²) in [7, 11) is 0. The molecule has 0 bridgehead atoms. The van der Waals surface area contributed by atoms with Gasteiger partial charge in [0.2, 0.25) is 0 Å². The van der Waals surface area contributed by atoms with Crippen molar-refractivity contribution < 1.29 is 4.42 Å². The molecule has 0 amide bonds. The highest BCUT2D eigenvalue weighted by molar-refractivity contribution is 7.26. The van der Waals surface area contributed by atoms with Gasteiger partial charge in [0.1, 0.15) is 5.58 Å². The third-order valence-corrected chi connectivity index (χ3v) is 18.3. The highest BCUT2D eigenvalue weighted by Gasteiger charge is 2.47. The lowest BCUT2D eigenvalue weighted by atomic mass is 9.43. The van der Waals surface area contributed by atoms with Crippen molar-refractivity contribution in [1.29, 1.82) is 0 Å². The van der Waals surface area contributed by atoms with Gasteiger partial charge in [-0.05, 0) is 162 Å². The summed E-state index contributed by atoms with van der Waals surface area (Å²) >= 11 is 1.90. The zero-order valence-corrected chi connectivity index (χ0v) is 50.3. The number of rotatable bonds is 5. The Balaban J connectivity index is 1.09. The molecule has 2 aliphatic rings. The molecule has 0 spiro atoms. The first-order chi connectivity index (χ1) is 37.8. The van der Waals surface area contributed by atoms with E-state index in [2.05, 4.69) is 294 Å². The van der Waals surface area contributed by atoms with Crippen LogP contribution in [-0.4, -0.2) is 6.85 Å². The summed E-state index contributed by atoms with van der Waals surface area (Å²) in [6.45, 7) is 34.4. The second-order valence-corrected chi connectivity index (χ2v) is 29.0. The third-order valence-electron chi connectivity index (χ3n) is 17.2. The number of hydrogen-bond acceptors (Lipinski definition) is 5. The molecular formula is C74H74BN3OS. The van der Waals surface area contributed by atoms with E-state index in [4.69, 9.17) is 4.42 Å². The fourth-order valence-corrected chi connectivity index (χ4v) is 13.7. The fraction of sp³-hybridized carbons (Fsp3) is 0.270. The van der Waals surface area contributed by atoms with Crippen molar-refractivity contribution in [2.75, 3.05) is 14.6 Å². The van der Waals surface area contributed by atoms with E-state index >= 15 is 0 Å². The van der Waals surface area contributed by atoms with Crippen molar-refractivity contribution >= 4 is 117 Å². The van der Waals surface area contributed by atoms with E-state index in [9.17, 15) is 0 Å². The second kappa shape index (κ2) is 18.0. The van der Waals surface area contributed by atoms with E-state index in [0.29, 0.717) is 0 Å². The molecule has 0 N–H and O–H groups in total. The van der Waals surface area contributed by atoms with Gasteiger partial charge in [-0.15, -0.1) is 11.3 Å². The van der Waals surface area contributed by atoms with Crippen LogP contribution in [0, 0.1) is 0 Å². The average Bonchev–Trinajstić information content (AvgIpc) is 1.68. The monoisotopic (exact) mass is 1060 g/mol. The highest BCUT2D eigenvalue weighted by atomic mass is 32.1. The van der Waals surface area contributed by atoms with Gasteiger partial charge < -0.3 is 19.0 Å². The van der Waals surface area contributed by atoms with Crippen LogP contribution in [0.15, 0.2) is 180 Å². The Bertz CT molecular complexity index is 4180. The second-order valence-electron chi connectivity index (χ2n) is 28.0. The minimum absolute atomic E-state index is 0.00345. The van der Waals surface area contributed by atoms with Crippen LogP contribution < -0.4 is 25.5 Å². The number of hydrogen-bond donors (Lipinski definition) is 0. The van der Waals surface area contributed by atoms with Gasteiger partial charge in [0.05, 0.1) is 5.69 Å². The Hall–Kier alpha value is -7.54. The van der Waals surface area contributed by atoms with Gasteiger partial charge in [0.15, 0.2) is 5.58 Å². The topological polar surface area (TPSA) is 22.9 Å². The Morgan fingerprint density at radius 1 is 0.400 bits per heavy atom. The smallest absolute Gasteiger partial charge is 0.333 e. The first-order valence-electron chi connectivity index (χ1n) is 28.8. The average molecular weight is 1060 g/mol. The van der Waals surface area contributed by atoms with E-state index in [1.54, 1.807) is 0 Å². The maximum Gasteiger partial charge on any atom is 0.333 e. The summed E-state index contributed by atoms with van der Waals surface area (Å²) in [4.78, 5) is 7.63. The number of furan rings is 1. The van der Waals surface area contributed by atoms with Crippen molar-refractivity contribution in [1.82, 2.24) is 0 Å². The van der Waals surface area contributed by atoms with Crippen LogP contribution in [-0.2, 0) is 27.1 Å². The fourth-order valence-electron chi connectivity index (χ4n) is 12.5. The maximum atomic E-state index is 7.22. The molecule has 0 saturated heterocycles. The van der Waals surface area contributed by atoms with Crippen LogP contribution in [0.1, 0.15) is 132 Å². The zero-order chi connectivity index (χ0) is 56.2. The van der Waals surface area contributed by atoms with Crippen LogP contribution in [0.2, 0.25) is 0 Å². The minimum Gasteiger partial charge on any atom is -0.454 e. The Kier molecular flexibility index (Phi) is 11.7. The largest absolute Gasteiger partial charge is 0.454 e. The minimum atomic E-state index is -0.186. The summed E-state index contributed by atoms with van der Waals surface area (Å²) < 4.78 is 9.74.